The molecule has 7 nitrogen and oxygen atoms in total. The van der Waals surface area contributed by atoms with Crippen molar-refractivity contribution in [3.63, 3.8) is 0 Å². The lowest BCUT2D eigenvalue weighted by atomic mass is 10.1. The average molecular weight is 411 g/mol. The summed E-state index contributed by atoms with van der Waals surface area (Å²) in [5.41, 5.74) is 1.32. The van der Waals surface area contributed by atoms with Crippen molar-refractivity contribution in [3.05, 3.63) is 59.1 Å². The Morgan fingerprint density at radius 3 is 2.76 bits per heavy atom. The van der Waals surface area contributed by atoms with Crippen molar-refractivity contribution in [1.29, 1.82) is 0 Å². The molecule has 0 radical (unpaired) electrons. The second kappa shape index (κ2) is 8.91. The SMILES string of the molecule is O=C(COc1ccc(CCNC(=O)c2cc(-c3cccs3)on2)cc1)NC1CC1. The maximum atomic E-state index is 12.2. The summed E-state index contributed by atoms with van der Waals surface area (Å²) in [7, 11) is 0. The highest BCUT2D eigenvalue weighted by Gasteiger charge is 2.23. The van der Waals surface area contributed by atoms with Gasteiger partial charge in [0.25, 0.3) is 11.8 Å². The highest BCUT2D eigenvalue weighted by Crippen LogP contribution is 2.25. The second-order valence-corrected chi connectivity index (χ2v) is 7.78. The van der Waals surface area contributed by atoms with E-state index in [-0.39, 0.29) is 24.1 Å². The molecule has 0 aliphatic heterocycles. The van der Waals surface area contributed by atoms with Crippen molar-refractivity contribution in [3.8, 4) is 16.4 Å². The number of carbonyl (C=O) groups is 2. The van der Waals surface area contributed by atoms with Crippen LogP contribution in [0, 0.1) is 0 Å². The van der Waals surface area contributed by atoms with Gasteiger partial charge in [0.2, 0.25) is 0 Å². The monoisotopic (exact) mass is 411 g/mol. The predicted octanol–water partition coefficient (Wildman–Crippen LogP) is 3.03. The number of hydrogen-bond acceptors (Lipinski definition) is 6. The van der Waals surface area contributed by atoms with Gasteiger partial charge in [-0.25, -0.2) is 0 Å². The Morgan fingerprint density at radius 1 is 1.21 bits per heavy atom. The van der Waals surface area contributed by atoms with Gasteiger partial charge in [-0.2, -0.15) is 0 Å². The molecule has 1 aliphatic carbocycles. The molecule has 1 saturated carbocycles. The summed E-state index contributed by atoms with van der Waals surface area (Å²) in [5.74, 6) is 0.881. The largest absolute Gasteiger partial charge is 0.484 e. The summed E-state index contributed by atoms with van der Waals surface area (Å²) in [5, 5.41) is 11.5. The summed E-state index contributed by atoms with van der Waals surface area (Å²) >= 11 is 1.53. The number of amides is 2. The van der Waals surface area contributed by atoms with Crippen LogP contribution in [0.2, 0.25) is 0 Å². The Morgan fingerprint density at radius 2 is 2.03 bits per heavy atom. The molecule has 2 aromatic heterocycles. The molecule has 0 saturated heterocycles. The quantitative estimate of drug-likeness (QED) is 0.565. The van der Waals surface area contributed by atoms with Crippen molar-refractivity contribution in [2.45, 2.75) is 25.3 Å². The van der Waals surface area contributed by atoms with Crippen molar-refractivity contribution < 1.29 is 18.8 Å². The van der Waals surface area contributed by atoms with E-state index >= 15 is 0 Å². The molecule has 1 fully saturated rings. The Bertz CT molecular complexity index is 962. The first-order chi connectivity index (χ1) is 14.2. The zero-order valence-electron chi connectivity index (χ0n) is 15.7. The zero-order valence-corrected chi connectivity index (χ0v) is 16.5. The van der Waals surface area contributed by atoms with E-state index in [0.717, 1.165) is 23.3 Å². The van der Waals surface area contributed by atoms with E-state index < -0.39 is 0 Å². The minimum Gasteiger partial charge on any atom is -0.484 e. The molecule has 29 heavy (non-hydrogen) atoms. The molecule has 4 rings (SSSR count). The number of carbonyl (C=O) groups excluding carboxylic acids is 2. The van der Waals surface area contributed by atoms with Gasteiger partial charge >= 0.3 is 0 Å². The van der Waals surface area contributed by atoms with E-state index in [4.69, 9.17) is 9.26 Å². The third-order valence-corrected chi connectivity index (χ3v) is 5.33. The van der Waals surface area contributed by atoms with Gasteiger partial charge < -0.3 is 19.9 Å². The van der Waals surface area contributed by atoms with Gasteiger partial charge in [-0.05, 0) is 48.4 Å². The molecule has 2 N–H and O–H groups in total. The van der Waals surface area contributed by atoms with E-state index in [2.05, 4.69) is 15.8 Å². The maximum Gasteiger partial charge on any atom is 0.273 e. The van der Waals surface area contributed by atoms with Gasteiger partial charge in [0.05, 0.1) is 4.88 Å². The van der Waals surface area contributed by atoms with Crippen molar-refractivity contribution >= 4 is 23.2 Å². The number of aromatic nitrogens is 1. The van der Waals surface area contributed by atoms with E-state index in [9.17, 15) is 9.59 Å². The fraction of sp³-hybridized carbons (Fsp3) is 0.286. The first kappa shape index (κ1) is 19.2. The van der Waals surface area contributed by atoms with Crippen molar-refractivity contribution in [2.24, 2.45) is 0 Å². The first-order valence-corrected chi connectivity index (χ1v) is 10.4. The number of rotatable bonds is 9. The van der Waals surface area contributed by atoms with Gasteiger partial charge in [0.15, 0.2) is 18.1 Å². The minimum absolute atomic E-state index is 0.0249. The lowest BCUT2D eigenvalue weighted by Crippen LogP contribution is -2.30. The Kier molecular flexibility index (Phi) is 5.90. The van der Waals surface area contributed by atoms with Gasteiger partial charge in [-0.15, -0.1) is 11.3 Å². The van der Waals surface area contributed by atoms with Crippen LogP contribution >= 0.6 is 11.3 Å². The van der Waals surface area contributed by atoms with E-state index in [1.807, 2.05) is 41.8 Å². The van der Waals surface area contributed by atoms with Crippen LogP contribution in [-0.2, 0) is 11.2 Å². The molecule has 3 aromatic rings. The van der Waals surface area contributed by atoms with Crippen LogP contribution < -0.4 is 15.4 Å². The topological polar surface area (TPSA) is 93.5 Å². The van der Waals surface area contributed by atoms with Crippen LogP contribution in [0.25, 0.3) is 10.6 Å². The standard InChI is InChI=1S/C21H21N3O4S/c25-20(23-15-5-6-15)13-27-16-7-3-14(4-8-16)9-10-22-21(26)17-12-18(28-24-17)19-2-1-11-29-19/h1-4,7-8,11-12,15H,5-6,9-10,13H2,(H,22,26)(H,23,25). The fourth-order valence-electron chi connectivity index (χ4n) is 2.73. The molecule has 2 heterocycles. The molecular formula is C21H21N3O4S. The molecular weight excluding hydrogens is 390 g/mol. The number of nitrogens with zero attached hydrogens (tertiary/aromatic N) is 1. The molecule has 2 amide bonds. The normalized spacial score (nSPS) is 13.1. The Labute approximate surface area is 172 Å². The molecule has 0 atom stereocenters. The number of thiophene rings is 1. The highest BCUT2D eigenvalue weighted by molar-refractivity contribution is 7.13. The highest BCUT2D eigenvalue weighted by atomic mass is 32.1. The van der Waals surface area contributed by atoms with Crippen LogP contribution in [-0.4, -0.2) is 36.2 Å². The summed E-state index contributed by atoms with van der Waals surface area (Å²) in [6, 6.07) is 13.3. The van der Waals surface area contributed by atoms with E-state index in [1.54, 1.807) is 6.07 Å². The summed E-state index contributed by atoms with van der Waals surface area (Å²) in [4.78, 5) is 24.8. The zero-order chi connectivity index (χ0) is 20.1. The lowest BCUT2D eigenvalue weighted by molar-refractivity contribution is -0.123. The lowest BCUT2D eigenvalue weighted by Gasteiger charge is -2.08. The van der Waals surface area contributed by atoms with Crippen molar-refractivity contribution in [1.82, 2.24) is 15.8 Å². The summed E-state index contributed by atoms with van der Waals surface area (Å²) in [6.45, 7) is 0.501. The number of ether oxygens (including phenoxy) is 1. The molecule has 1 aromatic carbocycles. The van der Waals surface area contributed by atoms with Crippen LogP contribution in [0.1, 0.15) is 28.9 Å². The van der Waals surface area contributed by atoms with Crippen LogP contribution in [0.5, 0.6) is 5.75 Å². The Hall–Kier alpha value is -3.13. The maximum absolute atomic E-state index is 12.2. The van der Waals surface area contributed by atoms with Crippen LogP contribution in [0.3, 0.4) is 0 Å². The fourth-order valence-corrected chi connectivity index (χ4v) is 3.40. The number of nitrogens with one attached hydrogen (secondary N) is 2. The van der Waals surface area contributed by atoms with E-state index in [0.29, 0.717) is 30.5 Å². The molecule has 150 valence electrons. The van der Waals surface area contributed by atoms with Gasteiger partial charge in [0.1, 0.15) is 5.75 Å². The van der Waals surface area contributed by atoms with Crippen LogP contribution in [0.15, 0.2) is 52.4 Å². The molecule has 0 unspecified atom stereocenters. The minimum atomic E-state index is -0.266. The van der Waals surface area contributed by atoms with E-state index in [1.165, 1.54) is 11.3 Å². The summed E-state index contributed by atoms with van der Waals surface area (Å²) in [6.07, 6.45) is 2.79. The molecule has 1 aliphatic rings. The Balaban J connectivity index is 1.20. The molecule has 0 bridgehead atoms. The first-order valence-electron chi connectivity index (χ1n) is 9.47. The number of benzene rings is 1. The molecule has 0 spiro atoms. The van der Waals surface area contributed by atoms with Crippen molar-refractivity contribution in [2.75, 3.05) is 13.2 Å². The third kappa shape index (κ3) is 5.45. The van der Waals surface area contributed by atoms with Gasteiger partial charge in [0, 0.05) is 18.7 Å². The predicted molar refractivity (Wildman–Crippen MR) is 109 cm³/mol. The van der Waals surface area contributed by atoms with Crippen LogP contribution in [0.4, 0.5) is 0 Å². The third-order valence-electron chi connectivity index (χ3n) is 4.44. The smallest absolute Gasteiger partial charge is 0.273 e. The molecule has 8 heteroatoms. The second-order valence-electron chi connectivity index (χ2n) is 6.83. The summed E-state index contributed by atoms with van der Waals surface area (Å²) < 4.78 is 10.7. The van der Waals surface area contributed by atoms with Gasteiger partial charge in [-0.1, -0.05) is 23.4 Å². The van der Waals surface area contributed by atoms with Gasteiger partial charge in [-0.3, -0.25) is 9.59 Å². The average Bonchev–Trinajstić information content (AvgIpc) is 3.20. The number of hydrogen-bond donors (Lipinski definition) is 2.